The SMILES string of the molecule is COc1cc(C)c(CN(C)CCC(=O)N2CCNCC2)cc1OC. The molecule has 6 heteroatoms. The van der Waals surface area contributed by atoms with Crippen LogP contribution in [-0.4, -0.2) is 69.7 Å². The molecule has 1 aromatic carbocycles. The third-order valence-corrected chi connectivity index (χ3v) is 4.46. The van der Waals surface area contributed by atoms with Crippen LogP contribution >= 0.6 is 0 Å². The van der Waals surface area contributed by atoms with E-state index in [4.69, 9.17) is 9.47 Å². The number of ether oxygens (including phenoxy) is 2. The molecule has 1 fully saturated rings. The number of aryl methyl sites for hydroxylation is 1. The van der Waals surface area contributed by atoms with Gasteiger partial charge in [0.25, 0.3) is 0 Å². The number of benzene rings is 1. The van der Waals surface area contributed by atoms with E-state index in [-0.39, 0.29) is 5.91 Å². The number of carbonyl (C=O) groups excluding carboxylic acids is 1. The number of hydrogen-bond acceptors (Lipinski definition) is 5. The molecule has 1 saturated heterocycles. The van der Waals surface area contributed by atoms with Crippen LogP contribution in [0, 0.1) is 6.92 Å². The molecule has 1 amide bonds. The topological polar surface area (TPSA) is 54.0 Å². The summed E-state index contributed by atoms with van der Waals surface area (Å²) in [6, 6.07) is 4.01. The van der Waals surface area contributed by atoms with E-state index in [9.17, 15) is 4.79 Å². The molecule has 6 nitrogen and oxygen atoms in total. The van der Waals surface area contributed by atoms with E-state index in [2.05, 4.69) is 17.1 Å². The largest absolute Gasteiger partial charge is 0.493 e. The smallest absolute Gasteiger partial charge is 0.223 e. The zero-order valence-corrected chi connectivity index (χ0v) is 15.2. The van der Waals surface area contributed by atoms with Gasteiger partial charge >= 0.3 is 0 Å². The van der Waals surface area contributed by atoms with Crippen molar-refractivity contribution >= 4 is 5.91 Å². The van der Waals surface area contributed by atoms with Crippen molar-refractivity contribution in [2.24, 2.45) is 0 Å². The standard InChI is InChI=1S/C18H29N3O3/c1-14-11-16(23-3)17(24-4)12-15(14)13-20(2)8-5-18(22)21-9-6-19-7-10-21/h11-12,19H,5-10,13H2,1-4H3. The molecule has 134 valence electrons. The lowest BCUT2D eigenvalue weighted by Gasteiger charge is -2.28. The Hall–Kier alpha value is -1.79. The monoisotopic (exact) mass is 335 g/mol. The molecular formula is C18H29N3O3. The maximum Gasteiger partial charge on any atom is 0.223 e. The van der Waals surface area contributed by atoms with Crippen LogP contribution < -0.4 is 14.8 Å². The van der Waals surface area contributed by atoms with E-state index >= 15 is 0 Å². The van der Waals surface area contributed by atoms with E-state index in [1.807, 2.05) is 24.1 Å². The molecule has 0 aliphatic carbocycles. The van der Waals surface area contributed by atoms with Gasteiger partial charge in [0.15, 0.2) is 11.5 Å². The summed E-state index contributed by atoms with van der Waals surface area (Å²) >= 11 is 0. The normalized spacial score (nSPS) is 14.8. The zero-order valence-electron chi connectivity index (χ0n) is 15.2. The summed E-state index contributed by atoms with van der Waals surface area (Å²) in [4.78, 5) is 16.4. The van der Waals surface area contributed by atoms with Gasteiger partial charge in [0.1, 0.15) is 0 Å². The van der Waals surface area contributed by atoms with E-state index in [0.717, 1.165) is 56.3 Å². The summed E-state index contributed by atoms with van der Waals surface area (Å²) in [6.45, 7) is 7.02. The van der Waals surface area contributed by atoms with E-state index in [0.29, 0.717) is 6.42 Å². The molecule has 1 N–H and O–H groups in total. The molecule has 1 heterocycles. The van der Waals surface area contributed by atoms with Gasteiger partial charge in [-0.1, -0.05) is 0 Å². The predicted octanol–water partition coefficient (Wildman–Crippen LogP) is 1.27. The Kier molecular flexibility index (Phi) is 6.87. The summed E-state index contributed by atoms with van der Waals surface area (Å²) in [5, 5.41) is 3.27. The van der Waals surface area contributed by atoms with Gasteiger partial charge in [-0.15, -0.1) is 0 Å². The van der Waals surface area contributed by atoms with Crippen molar-refractivity contribution in [2.45, 2.75) is 19.9 Å². The third-order valence-electron chi connectivity index (χ3n) is 4.46. The second-order valence-electron chi connectivity index (χ2n) is 6.25. The van der Waals surface area contributed by atoms with Gasteiger partial charge in [-0.05, 0) is 37.2 Å². The molecular weight excluding hydrogens is 306 g/mol. The third kappa shape index (κ3) is 4.85. The number of nitrogens with one attached hydrogen (secondary N) is 1. The Morgan fingerprint density at radius 3 is 2.46 bits per heavy atom. The Balaban J connectivity index is 1.89. The second-order valence-corrected chi connectivity index (χ2v) is 6.25. The first-order chi connectivity index (χ1) is 11.5. The minimum Gasteiger partial charge on any atom is -0.493 e. The van der Waals surface area contributed by atoms with Crippen LogP contribution in [0.5, 0.6) is 11.5 Å². The molecule has 0 radical (unpaired) electrons. The van der Waals surface area contributed by atoms with Crippen LogP contribution in [0.15, 0.2) is 12.1 Å². The predicted molar refractivity (Wildman–Crippen MR) is 94.7 cm³/mol. The Morgan fingerprint density at radius 2 is 1.83 bits per heavy atom. The molecule has 24 heavy (non-hydrogen) atoms. The summed E-state index contributed by atoms with van der Waals surface area (Å²) < 4.78 is 10.7. The molecule has 0 atom stereocenters. The minimum absolute atomic E-state index is 0.243. The number of piperazine rings is 1. The van der Waals surface area contributed by atoms with Crippen molar-refractivity contribution in [3.63, 3.8) is 0 Å². The van der Waals surface area contributed by atoms with Gasteiger partial charge in [0.05, 0.1) is 14.2 Å². The second kappa shape index (κ2) is 8.89. The van der Waals surface area contributed by atoms with Crippen LogP contribution in [0.4, 0.5) is 0 Å². The molecule has 0 unspecified atom stereocenters. The maximum absolute atomic E-state index is 12.2. The van der Waals surface area contributed by atoms with Gasteiger partial charge in [-0.25, -0.2) is 0 Å². The Morgan fingerprint density at radius 1 is 1.21 bits per heavy atom. The lowest BCUT2D eigenvalue weighted by atomic mass is 10.1. The zero-order chi connectivity index (χ0) is 17.5. The minimum atomic E-state index is 0.243. The average Bonchev–Trinajstić information content (AvgIpc) is 2.61. The highest BCUT2D eigenvalue weighted by atomic mass is 16.5. The molecule has 0 saturated carbocycles. The van der Waals surface area contributed by atoms with Crippen molar-refractivity contribution in [3.8, 4) is 11.5 Å². The fraction of sp³-hybridized carbons (Fsp3) is 0.611. The Labute approximate surface area is 144 Å². The molecule has 2 rings (SSSR count). The molecule has 0 spiro atoms. The molecule has 1 aliphatic heterocycles. The fourth-order valence-electron chi connectivity index (χ4n) is 2.92. The average molecular weight is 335 g/mol. The highest BCUT2D eigenvalue weighted by Crippen LogP contribution is 2.30. The molecule has 0 aromatic heterocycles. The number of hydrogen-bond donors (Lipinski definition) is 1. The maximum atomic E-state index is 12.2. The molecule has 1 aromatic rings. The van der Waals surface area contributed by atoms with Crippen LogP contribution in [0.25, 0.3) is 0 Å². The van der Waals surface area contributed by atoms with Crippen LogP contribution in [-0.2, 0) is 11.3 Å². The van der Waals surface area contributed by atoms with Gasteiger partial charge < -0.3 is 24.6 Å². The molecule has 0 bridgehead atoms. The highest BCUT2D eigenvalue weighted by molar-refractivity contribution is 5.76. The summed E-state index contributed by atoms with van der Waals surface area (Å²) in [6.07, 6.45) is 0.558. The van der Waals surface area contributed by atoms with E-state index in [1.54, 1.807) is 14.2 Å². The van der Waals surface area contributed by atoms with Crippen molar-refractivity contribution < 1.29 is 14.3 Å². The van der Waals surface area contributed by atoms with Crippen LogP contribution in [0.1, 0.15) is 17.5 Å². The van der Waals surface area contributed by atoms with E-state index < -0.39 is 0 Å². The number of methoxy groups -OCH3 is 2. The van der Waals surface area contributed by atoms with Gasteiger partial charge in [-0.2, -0.15) is 0 Å². The van der Waals surface area contributed by atoms with Crippen LogP contribution in [0.3, 0.4) is 0 Å². The Bertz CT molecular complexity index is 557. The first kappa shape index (κ1) is 18.5. The first-order valence-electron chi connectivity index (χ1n) is 8.43. The lowest BCUT2D eigenvalue weighted by Crippen LogP contribution is -2.47. The number of nitrogens with zero attached hydrogens (tertiary/aromatic N) is 2. The fourth-order valence-corrected chi connectivity index (χ4v) is 2.92. The number of rotatable bonds is 7. The summed E-state index contributed by atoms with van der Waals surface area (Å²) in [7, 11) is 5.33. The van der Waals surface area contributed by atoms with Crippen molar-refractivity contribution in [1.82, 2.24) is 15.1 Å². The van der Waals surface area contributed by atoms with Gasteiger partial charge in [-0.3, -0.25) is 4.79 Å². The summed E-state index contributed by atoms with van der Waals surface area (Å²) in [5.41, 5.74) is 2.35. The lowest BCUT2D eigenvalue weighted by molar-refractivity contribution is -0.132. The van der Waals surface area contributed by atoms with Crippen molar-refractivity contribution in [1.29, 1.82) is 0 Å². The quantitative estimate of drug-likeness (QED) is 0.813. The number of carbonyl (C=O) groups is 1. The van der Waals surface area contributed by atoms with Gasteiger partial charge in [0.2, 0.25) is 5.91 Å². The van der Waals surface area contributed by atoms with Crippen molar-refractivity contribution in [3.05, 3.63) is 23.3 Å². The highest BCUT2D eigenvalue weighted by Gasteiger charge is 2.17. The first-order valence-corrected chi connectivity index (χ1v) is 8.43. The van der Waals surface area contributed by atoms with Gasteiger partial charge in [0, 0.05) is 45.7 Å². The van der Waals surface area contributed by atoms with E-state index in [1.165, 1.54) is 5.56 Å². The molecule has 1 aliphatic rings. The van der Waals surface area contributed by atoms with Crippen molar-refractivity contribution in [2.75, 3.05) is 54.0 Å². The number of amides is 1. The summed E-state index contributed by atoms with van der Waals surface area (Å²) in [5.74, 6) is 1.73. The van der Waals surface area contributed by atoms with Crippen LogP contribution in [0.2, 0.25) is 0 Å².